The first kappa shape index (κ1) is 14.9. The van der Waals surface area contributed by atoms with Crippen LogP contribution in [0.1, 0.15) is 58.6 Å². The molecule has 0 unspecified atom stereocenters. The van der Waals surface area contributed by atoms with Crippen molar-refractivity contribution >= 4 is 17.2 Å². The van der Waals surface area contributed by atoms with E-state index in [1.807, 2.05) is 23.3 Å². The van der Waals surface area contributed by atoms with Crippen molar-refractivity contribution in [3.05, 3.63) is 33.6 Å². The molecular weight excluding hydrogens is 310 g/mol. The van der Waals surface area contributed by atoms with Gasteiger partial charge in [0.2, 0.25) is 5.89 Å². The van der Waals surface area contributed by atoms with E-state index in [1.165, 1.54) is 24.2 Å². The van der Waals surface area contributed by atoms with Gasteiger partial charge in [-0.15, -0.1) is 11.3 Å². The molecule has 1 atom stereocenters. The second kappa shape index (κ2) is 6.07. The van der Waals surface area contributed by atoms with Gasteiger partial charge in [-0.05, 0) is 55.5 Å². The smallest absolute Gasteiger partial charge is 0.263 e. The SMILES string of the molecule is Cc1csc(C(=O)N2CCC[C@@H](Cc3nc(C4CC4)no3)C2)c1. The number of carbonyl (C=O) groups is 1. The highest BCUT2D eigenvalue weighted by molar-refractivity contribution is 7.12. The lowest BCUT2D eigenvalue weighted by molar-refractivity contribution is 0.0673. The molecule has 4 rings (SSSR count). The van der Waals surface area contributed by atoms with Crippen molar-refractivity contribution in [3.8, 4) is 0 Å². The van der Waals surface area contributed by atoms with E-state index in [9.17, 15) is 4.79 Å². The topological polar surface area (TPSA) is 59.2 Å². The van der Waals surface area contributed by atoms with Crippen LogP contribution in [0, 0.1) is 12.8 Å². The van der Waals surface area contributed by atoms with Gasteiger partial charge >= 0.3 is 0 Å². The Balaban J connectivity index is 1.39. The number of hydrogen-bond acceptors (Lipinski definition) is 5. The van der Waals surface area contributed by atoms with E-state index in [0.717, 1.165) is 54.5 Å². The summed E-state index contributed by atoms with van der Waals surface area (Å²) < 4.78 is 5.39. The zero-order valence-electron chi connectivity index (χ0n) is 13.3. The Morgan fingerprint density at radius 2 is 2.30 bits per heavy atom. The lowest BCUT2D eigenvalue weighted by Gasteiger charge is -2.31. The van der Waals surface area contributed by atoms with E-state index in [2.05, 4.69) is 10.1 Å². The Bertz CT molecular complexity index is 704. The van der Waals surface area contributed by atoms with Crippen LogP contribution in [0.25, 0.3) is 0 Å². The molecule has 1 amide bonds. The van der Waals surface area contributed by atoms with Crippen molar-refractivity contribution in [2.24, 2.45) is 5.92 Å². The van der Waals surface area contributed by atoms with Gasteiger partial charge in [-0.2, -0.15) is 4.98 Å². The zero-order valence-corrected chi connectivity index (χ0v) is 14.1. The van der Waals surface area contributed by atoms with Crippen LogP contribution in [-0.4, -0.2) is 34.0 Å². The van der Waals surface area contributed by atoms with Gasteiger partial charge in [0.05, 0.1) is 4.88 Å². The summed E-state index contributed by atoms with van der Waals surface area (Å²) in [5, 5.41) is 6.12. The fourth-order valence-corrected chi connectivity index (χ4v) is 4.09. The number of hydrogen-bond donors (Lipinski definition) is 0. The van der Waals surface area contributed by atoms with E-state index < -0.39 is 0 Å². The number of nitrogens with zero attached hydrogens (tertiary/aromatic N) is 3. The summed E-state index contributed by atoms with van der Waals surface area (Å²) in [4.78, 5) is 19.9. The molecule has 2 aromatic rings. The minimum Gasteiger partial charge on any atom is -0.339 e. The van der Waals surface area contributed by atoms with Gasteiger partial charge in [-0.25, -0.2) is 0 Å². The van der Waals surface area contributed by atoms with Crippen molar-refractivity contribution in [1.82, 2.24) is 15.0 Å². The Hall–Kier alpha value is -1.69. The molecule has 2 fully saturated rings. The molecule has 6 heteroatoms. The molecule has 0 aromatic carbocycles. The molecule has 1 saturated heterocycles. The Kier molecular flexibility index (Phi) is 3.93. The summed E-state index contributed by atoms with van der Waals surface area (Å²) in [6, 6.07) is 1.98. The van der Waals surface area contributed by atoms with Crippen molar-refractivity contribution in [3.63, 3.8) is 0 Å². The summed E-state index contributed by atoms with van der Waals surface area (Å²) in [5.41, 5.74) is 1.16. The summed E-state index contributed by atoms with van der Waals surface area (Å²) in [5.74, 6) is 2.72. The third kappa shape index (κ3) is 3.32. The highest BCUT2D eigenvalue weighted by Gasteiger charge is 2.30. The highest BCUT2D eigenvalue weighted by Crippen LogP contribution is 2.38. The summed E-state index contributed by atoms with van der Waals surface area (Å²) in [7, 11) is 0. The molecule has 5 nitrogen and oxygen atoms in total. The molecule has 0 bridgehead atoms. The number of carbonyl (C=O) groups excluding carboxylic acids is 1. The van der Waals surface area contributed by atoms with E-state index in [-0.39, 0.29) is 5.91 Å². The Morgan fingerprint density at radius 1 is 1.43 bits per heavy atom. The van der Waals surface area contributed by atoms with Crippen LogP contribution in [0.15, 0.2) is 16.0 Å². The summed E-state index contributed by atoms with van der Waals surface area (Å²) >= 11 is 1.54. The van der Waals surface area contributed by atoms with Gasteiger partial charge in [0.25, 0.3) is 5.91 Å². The zero-order chi connectivity index (χ0) is 15.8. The summed E-state index contributed by atoms with van der Waals surface area (Å²) in [6.07, 6.45) is 5.32. The number of rotatable bonds is 4. The van der Waals surface area contributed by atoms with Crippen molar-refractivity contribution in [2.75, 3.05) is 13.1 Å². The Labute approximate surface area is 139 Å². The quantitative estimate of drug-likeness (QED) is 0.861. The average molecular weight is 331 g/mol. The van der Waals surface area contributed by atoms with Gasteiger partial charge in [0.15, 0.2) is 5.82 Å². The fraction of sp³-hybridized carbons (Fsp3) is 0.588. The highest BCUT2D eigenvalue weighted by atomic mass is 32.1. The van der Waals surface area contributed by atoms with Gasteiger partial charge in [-0.3, -0.25) is 4.79 Å². The van der Waals surface area contributed by atoms with Crippen LogP contribution in [0.2, 0.25) is 0 Å². The van der Waals surface area contributed by atoms with Crippen molar-refractivity contribution < 1.29 is 9.32 Å². The predicted octanol–water partition coefficient (Wildman–Crippen LogP) is 3.41. The number of aromatic nitrogens is 2. The molecule has 0 radical (unpaired) electrons. The van der Waals surface area contributed by atoms with E-state index in [0.29, 0.717) is 11.8 Å². The third-order valence-electron chi connectivity index (χ3n) is 4.64. The molecular formula is C17H21N3O2S. The molecule has 3 heterocycles. The molecule has 1 saturated carbocycles. The number of likely N-dealkylation sites (tertiary alicyclic amines) is 1. The molecule has 2 aliphatic rings. The first-order valence-corrected chi connectivity index (χ1v) is 9.24. The maximum absolute atomic E-state index is 12.6. The fourth-order valence-electron chi connectivity index (χ4n) is 3.22. The number of thiophene rings is 1. The van der Waals surface area contributed by atoms with E-state index in [1.54, 1.807) is 0 Å². The second-order valence-electron chi connectivity index (χ2n) is 6.77. The number of piperidine rings is 1. The van der Waals surface area contributed by atoms with E-state index >= 15 is 0 Å². The van der Waals surface area contributed by atoms with Crippen LogP contribution in [0.4, 0.5) is 0 Å². The third-order valence-corrected chi connectivity index (χ3v) is 5.67. The monoisotopic (exact) mass is 331 g/mol. The average Bonchev–Trinajstić information content (AvgIpc) is 3.16. The van der Waals surface area contributed by atoms with Gasteiger partial charge in [-0.1, -0.05) is 5.16 Å². The summed E-state index contributed by atoms with van der Waals surface area (Å²) in [6.45, 7) is 3.67. The van der Waals surface area contributed by atoms with Crippen LogP contribution in [-0.2, 0) is 6.42 Å². The van der Waals surface area contributed by atoms with Gasteiger partial charge in [0, 0.05) is 25.4 Å². The first-order valence-electron chi connectivity index (χ1n) is 8.36. The minimum absolute atomic E-state index is 0.164. The maximum atomic E-state index is 12.6. The molecule has 0 N–H and O–H groups in total. The van der Waals surface area contributed by atoms with Crippen LogP contribution in [0.5, 0.6) is 0 Å². The largest absolute Gasteiger partial charge is 0.339 e. The molecule has 1 aliphatic heterocycles. The van der Waals surface area contributed by atoms with Gasteiger partial charge < -0.3 is 9.42 Å². The molecule has 122 valence electrons. The molecule has 0 spiro atoms. The molecule has 23 heavy (non-hydrogen) atoms. The van der Waals surface area contributed by atoms with Gasteiger partial charge in [0.1, 0.15) is 0 Å². The van der Waals surface area contributed by atoms with Crippen LogP contribution < -0.4 is 0 Å². The van der Waals surface area contributed by atoms with Crippen LogP contribution >= 0.6 is 11.3 Å². The van der Waals surface area contributed by atoms with Crippen LogP contribution in [0.3, 0.4) is 0 Å². The Morgan fingerprint density at radius 3 is 3.04 bits per heavy atom. The lowest BCUT2D eigenvalue weighted by atomic mass is 9.94. The predicted molar refractivity (Wildman–Crippen MR) is 87.7 cm³/mol. The van der Waals surface area contributed by atoms with Crippen molar-refractivity contribution in [2.45, 2.75) is 44.9 Å². The number of amides is 1. The molecule has 2 aromatic heterocycles. The molecule has 1 aliphatic carbocycles. The maximum Gasteiger partial charge on any atom is 0.263 e. The lowest BCUT2D eigenvalue weighted by Crippen LogP contribution is -2.40. The first-order chi connectivity index (χ1) is 11.2. The normalized spacial score (nSPS) is 21.6. The second-order valence-corrected chi connectivity index (χ2v) is 7.68. The van der Waals surface area contributed by atoms with Crippen molar-refractivity contribution in [1.29, 1.82) is 0 Å². The minimum atomic E-state index is 0.164. The standard InChI is InChI=1S/C17H21N3O2S/c1-11-7-14(23-10-11)17(21)20-6-2-3-12(9-20)8-15-18-16(19-22-15)13-4-5-13/h7,10,12-13H,2-6,8-9H2,1H3/t12-/m0/s1. The van der Waals surface area contributed by atoms with E-state index in [4.69, 9.17) is 4.52 Å². The number of aryl methyl sites for hydroxylation is 1.